The summed E-state index contributed by atoms with van der Waals surface area (Å²) in [5.74, 6) is -0.336. The predicted octanol–water partition coefficient (Wildman–Crippen LogP) is 2.19. The van der Waals surface area contributed by atoms with Crippen LogP contribution in [0.5, 0.6) is 0 Å². The van der Waals surface area contributed by atoms with Gasteiger partial charge in [0.2, 0.25) is 0 Å². The molecule has 0 heterocycles. The summed E-state index contributed by atoms with van der Waals surface area (Å²) in [5, 5.41) is 14.2. The maximum Gasteiger partial charge on any atom is 0.292 e. The van der Waals surface area contributed by atoms with Gasteiger partial charge in [-0.15, -0.1) is 0 Å². The van der Waals surface area contributed by atoms with Crippen molar-refractivity contribution in [3.05, 3.63) is 33.9 Å². The Morgan fingerprint density at radius 3 is 2.90 bits per heavy atom. The Bertz CT molecular complexity index is 536. The first kappa shape index (κ1) is 14.6. The minimum atomic E-state index is -0.577. The van der Waals surface area contributed by atoms with E-state index in [4.69, 9.17) is 5.73 Å². The van der Waals surface area contributed by atoms with Gasteiger partial charge in [-0.25, -0.2) is 0 Å². The van der Waals surface area contributed by atoms with Crippen LogP contribution >= 0.6 is 11.8 Å². The van der Waals surface area contributed by atoms with Crippen LogP contribution in [0.25, 0.3) is 0 Å². The van der Waals surface area contributed by atoms with Crippen molar-refractivity contribution in [1.82, 2.24) is 5.32 Å². The number of amides is 1. The van der Waals surface area contributed by atoms with Gasteiger partial charge < -0.3 is 11.1 Å². The number of para-hydroxylation sites is 1. The zero-order chi connectivity index (χ0) is 14.7. The van der Waals surface area contributed by atoms with Crippen LogP contribution in [0.3, 0.4) is 0 Å². The van der Waals surface area contributed by atoms with Crippen molar-refractivity contribution in [3.8, 4) is 0 Å². The number of thioether (sulfide) groups is 1. The summed E-state index contributed by atoms with van der Waals surface area (Å²) in [4.78, 5) is 22.5. The highest BCUT2D eigenvalue weighted by Crippen LogP contribution is 2.29. The molecular formula is C13H17N3O3S. The average Bonchev–Trinajstić information content (AvgIpc) is 2.85. The Kier molecular flexibility index (Phi) is 4.49. The minimum absolute atomic E-state index is 0.0753. The maximum atomic E-state index is 12.2. The van der Waals surface area contributed by atoms with Gasteiger partial charge in [-0.1, -0.05) is 12.5 Å². The number of nitrogens with zero attached hydrogens (tertiary/aromatic N) is 1. The number of hydrogen-bond acceptors (Lipinski definition) is 5. The number of nitro groups is 1. The third-order valence-corrected chi connectivity index (χ3v) is 4.77. The number of nitro benzene ring substituents is 1. The van der Waals surface area contributed by atoms with E-state index in [-0.39, 0.29) is 28.9 Å². The molecule has 2 rings (SSSR count). The summed E-state index contributed by atoms with van der Waals surface area (Å²) in [7, 11) is 0. The van der Waals surface area contributed by atoms with E-state index >= 15 is 0 Å². The zero-order valence-corrected chi connectivity index (χ0v) is 12.0. The lowest BCUT2D eigenvalue weighted by atomic mass is 10.1. The fourth-order valence-electron chi connectivity index (χ4n) is 2.53. The van der Waals surface area contributed by atoms with Crippen LogP contribution in [0.2, 0.25) is 0 Å². The van der Waals surface area contributed by atoms with Gasteiger partial charge in [-0.05, 0) is 25.2 Å². The smallest absolute Gasteiger partial charge is 0.292 e. The lowest BCUT2D eigenvalue weighted by molar-refractivity contribution is -0.383. The third kappa shape index (κ3) is 2.87. The van der Waals surface area contributed by atoms with E-state index in [1.54, 1.807) is 11.8 Å². The largest absolute Gasteiger partial charge is 0.393 e. The molecule has 0 aromatic heterocycles. The fraction of sp³-hybridized carbons (Fsp3) is 0.462. The molecule has 1 aliphatic carbocycles. The van der Waals surface area contributed by atoms with Gasteiger partial charge in [0, 0.05) is 17.4 Å². The van der Waals surface area contributed by atoms with Crippen LogP contribution in [-0.4, -0.2) is 28.4 Å². The van der Waals surface area contributed by atoms with Crippen molar-refractivity contribution in [2.75, 3.05) is 12.0 Å². The van der Waals surface area contributed by atoms with Crippen molar-refractivity contribution in [2.45, 2.75) is 30.6 Å². The summed E-state index contributed by atoms with van der Waals surface area (Å²) in [6, 6.07) is 4.40. The monoisotopic (exact) mass is 295 g/mol. The Balaban J connectivity index is 2.17. The van der Waals surface area contributed by atoms with Gasteiger partial charge in [-0.2, -0.15) is 11.8 Å². The van der Waals surface area contributed by atoms with Crippen LogP contribution in [0.1, 0.15) is 29.6 Å². The Morgan fingerprint density at radius 2 is 2.25 bits per heavy atom. The quantitative estimate of drug-likeness (QED) is 0.504. The van der Waals surface area contributed by atoms with Gasteiger partial charge in [-0.3, -0.25) is 14.9 Å². The van der Waals surface area contributed by atoms with E-state index < -0.39 is 4.92 Å². The molecule has 3 N–H and O–H groups in total. The number of nitrogens with two attached hydrogens (primary N) is 1. The van der Waals surface area contributed by atoms with Crippen molar-refractivity contribution >= 4 is 29.0 Å². The number of carbonyl (C=O) groups excluding carboxylic acids is 1. The molecule has 0 bridgehead atoms. The van der Waals surface area contributed by atoms with Gasteiger partial charge >= 0.3 is 0 Å². The molecule has 7 heteroatoms. The summed E-state index contributed by atoms with van der Waals surface area (Å²) < 4.78 is 0. The zero-order valence-electron chi connectivity index (χ0n) is 11.2. The molecule has 0 radical (unpaired) electrons. The van der Waals surface area contributed by atoms with Crippen LogP contribution in [0, 0.1) is 10.1 Å². The SMILES string of the molecule is CSC1CCCC1NC(=O)c1cccc([N+](=O)[O-])c1N. The first-order valence-corrected chi connectivity index (χ1v) is 7.70. The molecule has 108 valence electrons. The van der Waals surface area contributed by atoms with E-state index in [0.717, 1.165) is 19.3 Å². The molecule has 1 aromatic carbocycles. The molecule has 6 nitrogen and oxygen atoms in total. The molecule has 2 atom stereocenters. The lowest BCUT2D eigenvalue weighted by Gasteiger charge is -2.19. The summed E-state index contributed by atoms with van der Waals surface area (Å²) in [6.45, 7) is 0. The van der Waals surface area contributed by atoms with E-state index in [1.807, 2.05) is 6.26 Å². The first-order valence-electron chi connectivity index (χ1n) is 6.41. The molecular weight excluding hydrogens is 278 g/mol. The first-order chi connectivity index (χ1) is 9.54. The molecule has 20 heavy (non-hydrogen) atoms. The molecule has 2 unspecified atom stereocenters. The van der Waals surface area contributed by atoms with Gasteiger partial charge in [0.15, 0.2) is 0 Å². The minimum Gasteiger partial charge on any atom is -0.393 e. The lowest BCUT2D eigenvalue weighted by Crippen LogP contribution is -2.38. The van der Waals surface area contributed by atoms with Crippen LogP contribution in [0.4, 0.5) is 11.4 Å². The van der Waals surface area contributed by atoms with Crippen molar-refractivity contribution in [2.24, 2.45) is 0 Å². The van der Waals surface area contributed by atoms with Crippen molar-refractivity contribution in [1.29, 1.82) is 0 Å². The number of nitrogen functional groups attached to an aromatic ring is 1. The average molecular weight is 295 g/mol. The fourth-order valence-corrected chi connectivity index (χ4v) is 3.46. The van der Waals surface area contributed by atoms with Crippen molar-refractivity contribution < 1.29 is 9.72 Å². The number of hydrogen-bond donors (Lipinski definition) is 2. The number of benzene rings is 1. The second kappa shape index (κ2) is 6.13. The highest BCUT2D eigenvalue weighted by atomic mass is 32.2. The molecule has 1 amide bonds. The highest BCUT2D eigenvalue weighted by Gasteiger charge is 2.29. The van der Waals surface area contributed by atoms with E-state index in [1.165, 1.54) is 18.2 Å². The molecule has 1 aromatic rings. The number of carbonyl (C=O) groups is 1. The topological polar surface area (TPSA) is 98.3 Å². The highest BCUT2D eigenvalue weighted by molar-refractivity contribution is 7.99. The molecule has 1 saturated carbocycles. The van der Waals surface area contributed by atoms with Crippen molar-refractivity contribution in [3.63, 3.8) is 0 Å². The molecule has 0 spiro atoms. The Labute approximate surface area is 121 Å². The van der Waals surface area contributed by atoms with Crippen LogP contribution in [0.15, 0.2) is 18.2 Å². The van der Waals surface area contributed by atoms with Crippen LogP contribution in [-0.2, 0) is 0 Å². The second-order valence-electron chi connectivity index (χ2n) is 4.78. The molecule has 0 saturated heterocycles. The van der Waals surface area contributed by atoms with E-state index in [0.29, 0.717) is 5.25 Å². The summed E-state index contributed by atoms with van der Waals surface area (Å²) in [6.07, 6.45) is 5.13. The maximum absolute atomic E-state index is 12.2. The summed E-state index contributed by atoms with van der Waals surface area (Å²) >= 11 is 1.74. The van der Waals surface area contributed by atoms with E-state index in [9.17, 15) is 14.9 Å². The van der Waals surface area contributed by atoms with Gasteiger partial charge in [0.05, 0.1) is 10.5 Å². The Morgan fingerprint density at radius 1 is 1.50 bits per heavy atom. The molecule has 1 aliphatic rings. The molecule has 0 aliphatic heterocycles. The number of nitrogens with one attached hydrogen (secondary N) is 1. The van der Waals surface area contributed by atoms with Crippen LogP contribution < -0.4 is 11.1 Å². The number of anilines is 1. The second-order valence-corrected chi connectivity index (χ2v) is 5.86. The predicted molar refractivity (Wildman–Crippen MR) is 79.9 cm³/mol. The standard InChI is InChI=1S/C13H17N3O3S/c1-20-11-7-3-5-9(11)15-13(17)8-4-2-6-10(12(8)14)16(18)19/h2,4,6,9,11H,3,5,7,14H2,1H3,(H,15,17). The summed E-state index contributed by atoms with van der Waals surface area (Å²) in [5.41, 5.74) is 5.58. The number of rotatable bonds is 4. The van der Waals surface area contributed by atoms with E-state index in [2.05, 4.69) is 5.32 Å². The normalized spacial score (nSPS) is 21.6. The Hall–Kier alpha value is -1.76. The van der Waals surface area contributed by atoms with Gasteiger partial charge in [0.1, 0.15) is 5.69 Å². The molecule has 1 fully saturated rings. The third-order valence-electron chi connectivity index (χ3n) is 3.60. The van der Waals surface area contributed by atoms with Gasteiger partial charge in [0.25, 0.3) is 11.6 Å².